The third-order valence-electron chi connectivity index (χ3n) is 6.08. The van der Waals surface area contributed by atoms with Crippen molar-refractivity contribution in [2.75, 3.05) is 0 Å². The first-order valence-electron chi connectivity index (χ1n) is 11.8. The Morgan fingerprint density at radius 1 is 1.05 bits per heavy atom. The molecule has 8 nitrogen and oxygen atoms in total. The van der Waals surface area contributed by atoms with Crippen molar-refractivity contribution in [3.63, 3.8) is 0 Å². The molecule has 0 amide bonds. The number of furan rings is 1. The zero-order valence-electron chi connectivity index (χ0n) is 20.0. The van der Waals surface area contributed by atoms with Crippen LogP contribution in [0.2, 0.25) is 0 Å². The monoisotopic (exact) mass is 518 g/mol. The van der Waals surface area contributed by atoms with E-state index in [4.69, 9.17) is 4.42 Å². The molecule has 4 aromatic heterocycles. The molecule has 0 N–H and O–H groups in total. The third-order valence-corrected chi connectivity index (χ3v) is 6.08. The summed E-state index contributed by atoms with van der Waals surface area (Å²) >= 11 is 0. The first-order valence-corrected chi connectivity index (χ1v) is 11.8. The van der Waals surface area contributed by atoms with E-state index >= 15 is 0 Å². The number of nitriles is 1. The molecule has 38 heavy (non-hydrogen) atoms. The van der Waals surface area contributed by atoms with Crippen LogP contribution in [0.5, 0.6) is 0 Å². The summed E-state index contributed by atoms with van der Waals surface area (Å²) in [6, 6.07) is 14.3. The molecule has 1 atom stereocenters. The highest BCUT2D eigenvalue weighted by molar-refractivity contribution is 5.81. The van der Waals surface area contributed by atoms with Crippen LogP contribution < -0.4 is 0 Å². The summed E-state index contributed by atoms with van der Waals surface area (Å²) in [5.41, 5.74) is 4.19. The molecule has 5 rings (SSSR count). The number of carbonyl (C=O) groups excluding carboxylic acids is 1. The van der Waals surface area contributed by atoms with E-state index in [0.29, 0.717) is 22.7 Å². The zero-order chi connectivity index (χ0) is 26.7. The highest BCUT2D eigenvalue weighted by Gasteiger charge is 2.27. The number of ketones is 1. The number of imidazole rings is 1. The minimum Gasteiger partial charge on any atom is -0.467 e. The van der Waals surface area contributed by atoms with E-state index in [2.05, 4.69) is 21.3 Å². The van der Waals surface area contributed by atoms with E-state index in [1.165, 1.54) is 0 Å². The second-order valence-corrected chi connectivity index (χ2v) is 8.79. The zero-order valence-corrected chi connectivity index (χ0v) is 20.0. The maximum atomic E-state index is 12.4. The van der Waals surface area contributed by atoms with E-state index in [-0.39, 0.29) is 18.9 Å². The fourth-order valence-corrected chi connectivity index (χ4v) is 4.22. The number of fused-ring (bicyclic) bond motifs is 1. The minimum atomic E-state index is -4.35. The molecule has 1 unspecified atom stereocenters. The van der Waals surface area contributed by atoms with Gasteiger partial charge >= 0.3 is 6.18 Å². The topological polar surface area (TPSA) is 102 Å². The number of Topliss-reactive ketones (excluding diaryl/α,β-unsaturated/α-hetero) is 1. The molecule has 11 heteroatoms. The molecule has 0 aliphatic carbocycles. The van der Waals surface area contributed by atoms with Crippen molar-refractivity contribution in [3.8, 4) is 28.5 Å². The van der Waals surface area contributed by atoms with E-state index in [1.807, 2.05) is 18.3 Å². The van der Waals surface area contributed by atoms with Crippen LogP contribution in [0, 0.1) is 11.3 Å². The molecule has 0 radical (unpaired) electrons. The third kappa shape index (κ3) is 5.49. The number of hydrogen-bond acceptors (Lipinski definition) is 6. The molecule has 4 heterocycles. The van der Waals surface area contributed by atoms with E-state index in [9.17, 15) is 23.2 Å². The number of aromatic nitrogens is 5. The Balaban J connectivity index is 1.36. The van der Waals surface area contributed by atoms with Crippen LogP contribution in [0.15, 0.2) is 77.9 Å². The molecule has 0 bridgehead atoms. The maximum absolute atomic E-state index is 12.4. The number of benzene rings is 1. The summed E-state index contributed by atoms with van der Waals surface area (Å²) in [4.78, 5) is 16.5. The number of alkyl halides is 3. The van der Waals surface area contributed by atoms with Gasteiger partial charge in [-0.2, -0.15) is 28.6 Å². The molecule has 0 spiro atoms. The Kier molecular flexibility index (Phi) is 6.79. The minimum absolute atomic E-state index is 0.0764. The van der Waals surface area contributed by atoms with Gasteiger partial charge in [-0.15, -0.1) is 0 Å². The molecule has 1 aromatic carbocycles. The van der Waals surface area contributed by atoms with Crippen molar-refractivity contribution in [1.29, 1.82) is 5.26 Å². The second-order valence-electron chi connectivity index (χ2n) is 8.79. The lowest BCUT2D eigenvalue weighted by atomic mass is 10.0. The van der Waals surface area contributed by atoms with Crippen LogP contribution in [0.3, 0.4) is 0 Å². The highest BCUT2D eigenvalue weighted by atomic mass is 19.4. The standard InChI is InChI=1S/C27H21F3N6O2/c28-27(29,30)8-6-22(37)12-18-3-1-4-19(11-18)24-16-32-26-13-20(14-34-36(24)26)21-15-33-35(17-21)23(7-9-31)25-5-2-10-38-25/h1-5,10-11,13-17,23H,6-8,12H2. The second kappa shape index (κ2) is 10.3. The molecular weight excluding hydrogens is 497 g/mol. The largest absolute Gasteiger partial charge is 0.467 e. The Hall–Kier alpha value is -4.72. The molecule has 0 aliphatic rings. The van der Waals surface area contributed by atoms with Gasteiger partial charge in [0, 0.05) is 35.7 Å². The lowest BCUT2D eigenvalue weighted by Crippen LogP contribution is -2.12. The van der Waals surface area contributed by atoms with E-state index in [1.54, 1.807) is 64.4 Å². The van der Waals surface area contributed by atoms with Crippen LogP contribution in [0.25, 0.3) is 28.0 Å². The summed E-state index contributed by atoms with van der Waals surface area (Å²) < 4.78 is 46.1. The van der Waals surface area contributed by atoms with Gasteiger partial charge in [0.1, 0.15) is 17.6 Å². The molecular formula is C27H21F3N6O2. The quantitative estimate of drug-likeness (QED) is 0.244. The average molecular weight is 518 g/mol. The van der Waals surface area contributed by atoms with Crippen molar-refractivity contribution < 1.29 is 22.4 Å². The van der Waals surface area contributed by atoms with Gasteiger partial charge in [0.2, 0.25) is 0 Å². The Labute approximate surface area is 215 Å². The maximum Gasteiger partial charge on any atom is 0.389 e. The molecule has 192 valence electrons. The molecule has 0 saturated heterocycles. The fourth-order valence-electron chi connectivity index (χ4n) is 4.22. The molecule has 5 aromatic rings. The van der Waals surface area contributed by atoms with Crippen LogP contribution in [0.4, 0.5) is 13.2 Å². The van der Waals surface area contributed by atoms with Gasteiger partial charge in [-0.1, -0.05) is 18.2 Å². The molecule has 0 saturated carbocycles. The molecule has 0 aliphatic heterocycles. The van der Waals surface area contributed by atoms with Crippen LogP contribution in [-0.4, -0.2) is 36.3 Å². The van der Waals surface area contributed by atoms with Gasteiger partial charge in [0.05, 0.1) is 49.5 Å². The van der Waals surface area contributed by atoms with Crippen molar-refractivity contribution >= 4 is 11.4 Å². The summed E-state index contributed by atoms with van der Waals surface area (Å²) in [5.74, 6) is 0.168. The Morgan fingerprint density at radius 3 is 2.66 bits per heavy atom. The Morgan fingerprint density at radius 2 is 1.89 bits per heavy atom. The number of carbonyl (C=O) groups is 1. The van der Waals surface area contributed by atoms with Gasteiger partial charge in [0.15, 0.2) is 5.65 Å². The summed E-state index contributed by atoms with van der Waals surface area (Å²) in [5, 5.41) is 18.2. The predicted octanol–water partition coefficient (Wildman–Crippen LogP) is 5.81. The van der Waals surface area contributed by atoms with Crippen LogP contribution in [-0.2, 0) is 11.2 Å². The summed E-state index contributed by atoms with van der Waals surface area (Å²) in [6.07, 6.45) is 2.50. The van der Waals surface area contributed by atoms with Crippen molar-refractivity contribution in [3.05, 3.63) is 84.8 Å². The van der Waals surface area contributed by atoms with Gasteiger partial charge in [0.25, 0.3) is 0 Å². The van der Waals surface area contributed by atoms with Crippen LogP contribution in [0.1, 0.15) is 36.6 Å². The predicted molar refractivity (Wildman–Crippen MR) is 131 cm³/mol. The van der Waals surface area contributed by atoms with Crippen molar-refractivity contribution in [2.24, 2.45) is 0 Å². The van der Waals surface area contributed by atoms with Crippen molar-refractivity contribution in [2.45, 2.75) is 37.9 Å². The van der Waals surface area contributed by atoms with Gasteiger partial charge in [-0.05, 0) is 29.8 Å². The summed E-state index contributed by atoms with van der Waals surface area (Å²) in [7, 11) is 0. The van der Waals surface area contributed by atoms with Crippen molar-refractivity contribution in [1.82, 2.24) is 24.4 Å². The smallest absolute Gasteiger partial charge is 0.389 e. The lowest BCUT2D eigenvalue weighted by molar-refractivity contribution is -0.143. The number of hydrogen-bond donors (Lipinski definition) is 0. The first-order chi connectivity index (χ1) is 18.3. The summed E-state index contributed by atoms with van der Waals surface area (Å²) in [6.45, 7) is 0. The van der Waals surface area contributed by atoms with Crippen LogP contribution >= 0.6 is 0 Å². The lowest BCUT2D eigenvalue weighted by Gasteiger charge is -2.11. The fraction of sp³-hybridized carbons (Fsp3) is 0.222. The average Bonchev–Trinajstić information content (AvgIpc) is 3.66. The number of nitrogens with zero attached hydrogens (tertiary/aromatic N) is 6. The van der Waals surface area contributed by atoms with E-state index in [0.717, 1.165) is 16.7 Å². The normalized spacial score (nSPS) is 12.5. The SMILES string of the molecule is N#CCC(c1ccco1)n1cc(-c2cnn3c(-c4cccc(CC(=O)CCC(F)(F)F)c4)cnc3c2)cn1. The first kappa shape index (κ1) is 25.0. The van der Waals surface area contributed by atoms with Gasteiger partial charge in [-0.25, -0.2) is 9.50 Å². The van der Waals surface area contributed by atoms with Gasteiger partial charge in [-0.3, -0.25) is 9.48 Å². The van der Waals surface area contributed by atoms with E-state index < -0.39 is 24.8 Å². The number of halogens is 3. The highest BCUT2D eigenvalue weighted by Crippen LogP contribution is 2.28. The number of rotatable bonds is 9. The van der Waals surface area contributed by atoms with Gasteiger partial charge < -0.3 is 4.42 Å². The molecule has 0 fully saturated rings. The Bertz CT molecular complexity index is 1610.